The SMILES string of the molecule is O=C(Cc1cccc2cccnc12)N1CCOC(c2ccc(F)cc2)C1. The molecule has 26 heavy (non-hydrogen) atoms. The van der Waals surface area contributed by atoms with E-state index in [0.29, 0.717) is 26.1 Å². The van der Waals surface area contributed by atoms with E-state index in [-0.39, 0.29) is 17.8 Å². The quantitative estimate of drug-likeness (QED) is 0.726. The molecule has 1 atom stereocenters. The first-order chi connectivity index (χ1) is 12.7. The minimum absolute atomic E-state index is 0.0542. The molecule has 5 heteroatoms. The van der Waals surface area contributed by atoms with Crippen LogP contribution in [0, 0.1) is 5.82 Å². The number of morpholine rings is 1. The number of aromatic nitrogens is 1. The molecule has 0 spiro atoms. The third-order valence-electron chi connectivity index (χ3n) is 4.72. The van der Waals surface area contributed by atoms with Gasteiger partial charge in [0.15, 0.2) is 0 Å². The zero-order chi connectivity index (χ0) is 17.9. The molecule has 2 aromatic carbocycles. The van der Waals surface area contributed by atoms with Crippen molar-refractivity contribution in [2.75, 3.05) is 19.7 Å². The first kappa shape index (κ1) is 16.7. The Bertz CT molecular complexity index is 921. The monoisotopic (exact) mass is 350 g/mol. The number of ether oxygens (including phenoxy) is 1. The molecule has 1 amide bonds. The van der Waals surface area contributed by atoms with E-state index in [1.165, 1.54) is 12.1 Å². The van der Waals surface area contributed by atoms with Crippen molar-refractivity contribution in [2.45, 2.75) is 12.5 Å². The number of fused-ring (bicyclic) bond motifs is 1. The van der Waals surface area contributed by atoms with Crippen molar-refractivity contribution in [2.24, 2.45) is 0 Å². The highest BCUT2D eigenvalue weighted by atomic mass is 19.1. The maximum absolute atomic E-state index is 13.1. The Kier molecular flexibility index (Phi) is 4.63. The Labute approximate surface area is 151 Å². The molecule has 0 N–H and O–H groups in total. The molecule has 2 heterocycles. The van der Waals surface area contributed by atoms with E-state index in [1.54, 1.807) is 18.3 Å². The standard InChI is InChI=1S/C21H19FN2O2/c22-18-8-6-15(7-9-18)19-14-24(11-12-26-19)20(25)13-17-4-1-3-16-5-2-10-23-21(16)17/h1-10,19H,11-14H2. The average molecular weight is 350 g/mol. The van der Waals surface area contributed by atoms with Crippen LogP contribution in [0.15, 0.2) is 60.8 Å². The number of hydrogen-bond acceptors (Lipinski definition) is 3. The number of rotatable bonds is 3. The minimum atomic E-state index is -0.277. The third kappa shape index (κ3) is 3.44. The Morgan fingerprint density at radius 2 is 1.96 bits per heavy atom. The van der Waals surface area contributed by atoms with Gasteiger partial charge in [0.2, 0.25) is 5.91 Å². The van der Waals surface area contributed by atoms with Crippen LogP contribution in [0.5, 0.6) is 0 Å². The summed E-state index contributed by atoms with van der Waals surface area (Å²) in [7, 11) is 0. The molecule has 0 saturated carbocycles. The second kappa shape index (κ2) is 7.22. The molecular weight excluding hydrogens is 331 g/mol. The normalized spacial score (nSPS) is 17.4. The van der Waals surface area contributed by atoms with Gasteiger partial charge in [-0.15, -0.1) is 0 Å². The predicted molar refractivity (Wildman–Crippen MR) is 97.1 cm³/mol. The molecule has 3 aromatic rings. The maximum Gasteiger partial charge on any atom is 0.227 e. The third-order valence-corrected chi connectivity index (χ3v) is 4.72. The van der Waals surface area contributed by atoms with Crippen LogP contribution < -0.4 is 0 Å². The smallest absolute Gasteiger partial charge is 0.227 e. The molecular formula is C21H19FN2O2. The van der Waals surface area contributed by atoms with Gasteiger partial charge in [0, 0.05) is 18.1 Å². The molecule has 132 valence electrons. The Hall–Kier alpha value is -2.79. The number of carbonyl (C=O) groups is 1. The fraction of sp³-hybridized carbons (Fsp3) is 0.238. The summed E-state index contributed by atoms with van der Waals surface area (Å²) >= 11 is 0. The van der Waals surface area contributed by atoms with Crippen molar-refractivity contribution in [3.8, 4) is 0 Å². The molecule has 1 aliphatic heterocycles. The van der Waals surface area contributed by atoms with Gasteiger partial charge in [-0.25, -0.2) is 4.39 Å². The van der Waals surface area contributed by atoms with Gasteiger partial charge in [-0.3, -0.25) is 9.78 Å². The number of hydrogen-bond donors (Lipinski definition) is 0. The number of halogens is 1. The maximum atomic E-state index is 13.1. The fourth-order valence-electron chi connectivity index (χ4n) is 3.34. The van der Waals surface area contributed by atoms with E-state index in [0.717, 1.165) is 22.0 Å². The second-order valence-corrected chi connectivity index (χ2v) is 6.42. The first-order valence-electron chi connectivity index (χ1n) is 8.68. The van der Waals surface area contributed by atoms with E-state index in [9.17, 15) is 9.18 Å². The Morgan fingerprint density at radius 3 is 2.81 bits per heavy atom. The molecule has 4 nitrogen and oxygen atoms in total. The van der Waals surface area contributed by atoms with Crippen LogP contribution in [0.3, 0.4) is 0 Å². The van der Waals surface area contributed by atoms with Gasteiger partial charge in [0.25, 0.3) is 0 Å². The lowest BCUT2D eigenvalue weighted by Gasteiger charge is -2.33. The Morgan fingerprint density at radius 1 is 1.15 bits per heavy atom. The van der Waals surface area contributed by atoms with Gasteiger partial charge in [0.1, 0.15) is 11.9 Å². The highest BCUT2D eigenvalue weighted by Gasteiger charge is 2.25. The predicted octanol–water partition coefficient (Wildman–Crippen LogP) is 3.52. The fourth-order valence-corrected chi connectivity index (χ4v) is 3.34. The van der Waals surface area contributed by atoms with Crippen molar-refractivity contribution in [1.82, 2.24) is 9.88 Å². The van der Waals surface area contributed by atoms with Gasteiger partial charge in [-0.05, 0) is 29.3 Å². The number of para-hydroxylation sites is 1. The number of pyridine rings is 1. The lowest BCUT2D eigenvalue weighted by molar-refractivity contribution is -0.138. The number of amides is 1. The van der Waals surface area contributed by atoms with Gasteiger partial charge in [0.05, 0.1) is 25.1 Å². The zero-order valence-corrected chi connectivity index (χ0v) is 14.3. The van der Waals surface area contributed by atoms with Crippen molar-refractivity contribution < 1.29 is 13.9 Å². The first-order valence-corrected chi connectivity index (χ1v) is 8.68. The highest BCUT2D eigenvalue weighted by molar-refractivity contribution is 5.87. The van der Waals surface area contributed by atoms with Gasteiger partial charge in [-0.2, -0.15) is 0 Å². The summed E-state index contributed by atoms with van der Waals surface area (Å²) in [6.07, 6.45) is 1.83. The van der Waals surface area contributed by atoms with Crippen LogP contribution >= 0.6 is 0 Å². The van der Waals surface area contributed by atoms with Crippen LogP contribution in [-0.2, 0) is 16.0 Å². The Balaban J connectivity index is 1.50. The van der Waals surface area contributed by atoms with E-state index < -0.39 is 0 Å². The number of benzene rings is 2. The molecule has 4 rings (SSSR count). The molecule has 1 aliphatic rings. The average Bonchev–Trinajstić information content (AvgIpc) is 2.69. The molecule has 1 fully saturated rings. The number of carbonyl (C=O) groups excluding carboxylic acids is 1. The van der Waals surface area contributed by atoms with Gasteiger partial charge < -0.3 is 9.64 Å². The van der Waals surface area contributed by atoms with Gasteiger partial charge >= 0.3 is 0 Å². The lowest BCUT2D eigenvalue weighted by Crippen LogP contribution is -2.43. The van der Waals surface area contributed by atoms with E-state index >= 15 is 0 Å². The zero-order valence-electron chi connectivity index (χ0n) is 14.3. The van der Waals surface area contributed by atoms with Crippen molar-refractivity contribution in [3.63, 3.8) is 0 Å². The highest BCUT2D eigenvalue weighted by Crippen LogP contribution is 2.24. The summed E-state index contributed by atoms with van der Waals surface area (Å²) in [6, 6.07) is 16.0. The van der Waals surface area contributed by atoms with Crippen LogP contribution in [-0.4, -0.2) is 35.5 Å². The van der Waals surface area contributed by atoms with Crippen LogP contribution in [0.1, 0.15) is 17.2 Å². The van der Waals surface area contributed by atoms with Crippen molar-refractivity contribution in [3.05, 3.63) is 77.7 Å². The minimum Gasteiger partial charge on any atom is -0.370 e. The van der Waals surface area contributed by atoms with E-state index in [2.05, 4.69) is 4.98 Å². The summed E-state index contributed by atoms with van der Waals surface area (Å²) < 4.78 is 18.9. The number of nitrogens with zero attached hydrogens (tertiary/aromatic N) is 2. The topological polar surface area (TPSA) is 42.4 Å². The molecule has 0 radical (unpaired) electrons. The van der Waals surface area contributed by atoms with E-state index in [4.69, 9.17) is 4.74 Å². The molecule has 0 bridgehead atoms. The summed E-state index contributed by atoms with van der Waals surface area (Å²) in [4.78, 5) is 19.1. The largest absolute Gasteiger partial charge is 0.370 e. The molecule has 0 aliphatic carbocycles. The van der Waals surface area contributed by atoms with Crippen LogP contribution in [0.2, 0.25) is 0 Å². The van der Waals surface area contributed by atoms with Crippen molar-refractivity contribution in [1.29, 1.82) is 0 Å². The second-order valence-electron chi connectivity index (χ2n) is 6.42. The molecule has 1 saturated heterocycles. The van der Waals surface area contributed by atoms with E-state index in [1.807, 2.05) is 35.2 Å². The summed E-state index contributed by atoms with van der Waals surface area (Å²) in [5.41, 5.74) is 2.68. The van der Waals surface area contributed by atoms with Crippen LogP contribution in [0.4, 0.5) is 4.39 Å². The van der Waals surface area contributed by atoms with Gasteiger partial charge in [-0.1, -0.05) is 36.4 Å². The van der Waals surface area contributed by atoms with Crippen molar-refractivity contribution >= 4 is 16.8 Å². The molecule has 1 unspecified atom stereocenters. The van der Waals surface area contributed by atoms with Crippen LogP contribution in [0.25, 0.3) is 10.9 Å². The summed E-state index contributed by atoms with van der Waals surface area (Å²) in [6.45, 7) is 1.51. The lowest BCUT2D eigenvalue weighted by atomic mass is 10.0. The summed E-state index contributed by atoms with van der Waals surface area (Å²) in [5, 5.41) is 1.03. The summed E-state index contributed by atoms with van der Waals surface area (Å²) in [5.74, 6) is -0.223. The molecule has 1 aromatic heterocycles.